The number of amides is 2. The van der Waals surface area contributed by atoms with Crippen LogP contribution in [0.15, 0.2) is 24.3 Å². The van der Waals surface area contributed by atoms with Crippen LogP contribution in [0.2, 0.25) is 0 Å². The third-order valence-electron chi connectivity index (χ3n) is 5.54. The van der Waals surface area contributed by atoms with Crippen molar-refractivity contribution in [2.75, 3.05) is 19.6 Å². The molecule has 1 atom stereocenters. The van der Waals surface area contributed by atoms with Gasteiger partial charge in [0, 0.05) is 19.6 Å². The summed E-state index contributed by atoms with van der Waals surface area (Å²) < 4.78 is 13.0. The molecule has 1 aliphatic heterocycles. The zero-order valence-corrected chi connectivity index (χ0v) is 14.1. The Morgan fingerprint density at radius 3 is 2.46 bits per heavy atom. The zero-order valence-electron chi connectivity index (χ0n) is 14.1. The Balaban J connectivity index is 1.41. The van der Waals surface area contributed by atoms with Gasteiger partial charge >= 0.3 is 6.03 Å². The predicted molar refractivity (Wildman–Crippen MR) is 91.0 cm³/mol. The maximum atomic E-state index is 13.0. The van der Waals surface area contributed by atoms with Gasteiger partial charge in [0.1, 0.15) is 5.82 Å². The molecule has 1 saturated carbocycles. The normalized spacial score (nSPS) is 20.5. The molecule has 1 heterocycles. The van der Waals surface area contributed by atoms with Crippen LogP contribution in [-0.2, 0) is 0 Å². The molecule has 0 radical (unpaired) electrons. The fraction of sp³-hybridized carbons (Fsp3) is 0.632. The van der Waals surface area contributed by atoms with Crippen molar-refractivity contribution >= 4 is 6.03 Å². The van der Waals surface area contributed by atoms with Gasteiger partial charge in [0.05, 0.1) is 6.10 Å². The van der Waals surface area contributed by atoms with Gasteiger partial charge in [0.25, 0.3) is 0 Å². The first kappa shape index (κ1) is 17.2. The van der Waals surface area contributed by atoms with E-state index in [1.165, 1.54) is 31.4 Å². The topological polar surface area (TPSA) is 52.6 Å². The van der Waals surface area contributed by atoms with Gasteiger partial charge in [-0.1, -0.05) is 31.4 Å². The first-order valence-corrected chi connectivity index (χ1v) is 9.10. The van der Waals surface area contributed by atoms with E-state index in [1.54, 1.807) is 12.1 Å². The zero-order chi connectivity index (χ0) is 16.9. The molecule has 24 heavy (non-hydrogen) atoms. The fourth-order valence-corrected chi connectivity index (χ4v) is 3.63. The lowest BCUT2D eigenvalue weighted by molar-refractivity contribution is 0.0664. The Hall–Kier alpha value is -1.62. The van der Waals surface area contributed by atoms with Gasteiger partial charge in [0.15, 0.2) is 0 Å². The molecular formula is C19H27FN2O2. The molecule has 2 fully saturated rings. The summed E-state index contributed by atoms with van der Waals surface area (Å²) in [5.74, 6) is 0.635. The molecule has 0 aromatic heterocycles. The van der Waals surface area contributed by atoms with Crippen LogP contribution in [-0.4, -0.2) is 35.7 Å². The number of aliphatic hydroxyl groups is 1. The average Bonchev–Trinajstić information content (AvgIpc) is 2.57. The maximum absolute atomic E-state index is 13.0. The van der Waals surface area contributed by atoms with E-state index in [1.807, 2.05) is 4.90 Å². The molecule has 2 aliphatic rings. The molecule has 1 aromatic rings. The number of nitrogens with zero attached hydrogens (tertiary/aromatic N) is 1. The fourth-order valence-electron chi connectivity index (χ4n) is 3.63. The molecule has 0 spiro atoms. The molecule has 2 N–H and O–H groups in total. The Kier molecular flexibility index (Phi) is 5.72. The number of rotatable bonds is 5. The quantitative estimate of drug-likeness (QED) is 0.866. The number of carbonyl (C=O) groups excluding carboxylic acids is 1. The summed E-state index contributed by atoms with van der Waals surface area (Å²) in [6, 6.07) is 6.05. The van der Waals surface area contributed by atoms with Gasteiger partial charge in [-0.25, -0.2) is 9.18 Å². The van der Waals surface area contributed by atoms with Crippen LogP contribution in [0.1, 0.15) is 50.2 Å². The molecule has 2 amide bonds. The van der Waals surface area contributed by atoms with E-state index in [4.69, 9.17) is 0 Å². The van der Waals surface area contributed by atoms with E-state index in [0.29, 0.717) is 13.1 Å². The molecule has 5 heteroatoms. The van der Waals surface area contributed by atoms with E-state index in [2.05, 4.69) is 5.32 Å². The lowest BCUT2D eigenvalue weighted by Gasteiger charge is -2.34. The van der Waals surface area contributed by atoms with Crippen molar-refractivity contribution in [1.29, 1.82) is 0 Å². The maximum Gasteiger partial charge on any atom is 0.317 e. The molecule has 4 nitrogen and oxygen atoms in total. The summed E-state index contributed by atoms with van der Waals surface area (Å²) in [5.41, 5.74) is 0.750. The minimum Gasteiger partial charge on any atom is -0.388 e. The van der Waals surface area contributed by atoms with E-state index >= 15 is 0 Å². The number of piperidine rings is 1. The summed E-state index contributed by atoms with van der Waals surface area (Å²) in [4.78, 5) is 14.0. The number of urea groups is 1. The predicted octanol–water partition coefficient (Wildman–Crippen LogP) is 3.47. The van der Waals surface area contributed by atoms with Crippen molar-refractivity contribution < 1.29 is 14.3 Å². The number of halogens is 1. The average molecular weight is 334 g/mol. The lowest BCUT2D eigenvalue weighted by Crippen LogP contribution is -2.45. The molecule has 1 saturated heterocycles. The third-order valence-corrected chi connectivity index (χ3v) is 5.54. The van der Waals surface area contributed by atoms with Crippen molar-refractivity contribution in [3.63, 3.8) is 0 Å². The van der Waals surface area contributed by atoms with Gasteiger partial charge in [-0.2, -0.15) is 0 Å². The smallest absolute Gasteiger partial charge is 0.317 e. The number of nitrogens with one attached hydrogen (secondary N) is 1. The van der Waals surface area contributed by atoms with Crippen molar-refractivity contribution in [3.8, 4) is 0 Å². The summed E-state index contributed by atoms with van der Waals surface area (Å²) in [5, 5.41) is 13.5. The van der Waals surface area contributed by atoms with Crippen LogP contribution in [0.3, 0.4) is 0 Å². The van der Waals surface area contributed by atoms with Crippen LogP contribution in [0, 0.1) is 17.7 Å². The van der Waals surface area contributed by atoms with Crippen LogP contribution >= 0.6 is 0 Å². The molecule has 0 bridgehead atoms. The van der Waals surface area contributed by atoms with Crippen LogP contribution in [0.4, 0.5) is 9.18 Å². The first-order valence-electron chi connectivity index (χ1n) is 9.10. The summed E-state index contributed by atoms with van der Waals surface area (Å²) in [6.45, 7) is 2.10. The van der Waals surface area contributed by atoms with Crippen LogP contribution < -0.4 is 5.32 Å². The highest BCUT2D eigenvalue weighted by Gasteiger charge is 2.28. The van der Waals surface area contributed by atoms with Gasteiger partial charge in [0.2, 0.25) is 0 Å². The number of hydrogen-bond acceptors (Lipinski definition) is 2. The van der Waals surface area contributed by atoms with Crippen molar-refractivity contribution in [2.24, 2.45) is 11.8 Å². The van der Waals surface area contributed by atoms with Crippen molar-refractivity contribution in [2.45, 2.75) is 44.6 Å². The number of benzene rings is 1. The third kappa shape index (κ3) is 4.26. The lowest BCUT2D eigenvalue weighted by atomic mass is 9.83. The Bertz CT molecular complexity index is 537. The first-order chi connectivity index (χ1) is 11.6. The number of carbonyl (C=O) groups is 1. The summed E-state index contributed by atoms with van der Waals surface area (Å²) in [7, 11) is 0. The van der Waals surface area contributed by atoms with Gasteiger partial charge < -0.3 is 15.3 Å². The Labute approximate surface area is 143 Å². The van der Waals surface area contributed by atoms with E-state index in [0.717, 1.165) is 37.3 Å². The second-order valence-electron chi connectivity index (χ2n) is 7.14. The minimum atomic E-state index is -0.588. The van der Waals surface area contributed by atoms with Gasteiger partial charge in [-0.05, 0) is 48.8 Å². The molecular weight excluding hydrogens is 307 g/mol. The van der Waals surface area contributed by atoms with Gasteiger partial charge in [-0.3, -0.25) is 0 Å². The van der Waals surface area contributed by atoms with Crippen LogP contribution in [0.25, 0.3) is 0 Å². The van der Waals surface area contributed by atoms with Crippen molar-refractivity contribution in [3.05, 3.63) is 35.6 Å². The standard InChI is InChI=1S/C19H27FN2O2/c20-17-6-4-15(5-7-17)18(23)16-9-12-22(13-10-16)19(24)21-11-8-14-2-1-3-14/h4-7,14,16,18,23H,1-3,8-13H2,(H,21,24). The summed E-state index contributed by atoms with van der Waals surface area (Å²) >= 11 is 0. The molecule has 1 aliphatic carbocycles. The number of hydrogen-bond donors (Lipinski definition) is 2. The summed E-state index contributed by atoms with van der Waals surface area (Å²) in [6.07, 6.45) is 6.00. The highest BCUT2D eigenvalue weighted by molar-refractivity contribution is 5.74. The van der Waals surface area contributed by atoms with E-state index in [-0.39, 0.29) is 17.8 Å². The number of likely N-dealkylation sites (tertiary alicyclic amines) is 1. The largest absolute Gasteiger partial charge is 0.388 e. The van der Waals surface area contributed by atoms with Crippen molar-refractivity contribution in [1.82, 2.24) is 10.2 Å². The van der Waals surface area contributed by atoms with E-state index in [9.17, 15) is 14.3 Å². The minimum absolute atomic E-state index is 0.0176. The molecule has 3 rings (SSSR count). The van der Waals surface area contributed by atoms with E-state index < -0.39 is 6.10 Å². The SMILES string of the molecule is O=C(NCCC1CCC1)N1CCC(C(O)c2ccc(F)cc2)CC1. The number of aliphatic hydroxyl groups excluding tert-OH is 1. The van der Waals surface area contributed by atoms with Gasteiger partial charge in [-0.15, -0.1) is 0 Å². The molecule has 1 aromatic carbocycles. The second kappa shape index (κ2) is 7.97. The molecule has 132 valence electrons. The highest BCUT2D eigenvalue weighted by atomic mass is 19.1. The Morgan fingerprint density at radius 2 is 1.88 bits per heavy atom. The highest BCUT2D eigenvalue weighted by Crippen LogP contribution is 2.31. The second-order valence-corrected chi connectivity index (χ2v) is 7.14. The monoisotopic (exact) mass is 334 g/mol. The van der Waals surface area contributed by atoms with Crippen LogP contribution in [0.5, 0.6) is 0 Å². The Morgan fingerprint density at radius 1 is 1.21 bits per heavy atom. The molecule has 1 unspecified atom stereocenters.